The zero-order valence-electron chi connectivity index (χ0n) is 17.8. The summed E-state index contributed by atoms with van der Waals surface area (Å²) in [6.07, 6.45) is 4.34. The van der Waals surface area contributed by atoms with Crippen molar-refractivity contribution in [2.75, 3.05) is 10.0 Å². The second kappa shape index (κ2) is 9.60. The average molecular weight is 480 g/mol. The van der Waals surface area contributed by atoms with Gasteiger partial charge in [-0.1, -0.05) is 17.8 Å². The van der Waals surface area contributed by atoms with Crippen LogP contribution in [0.4, 0.5) is 11.5 Å². The van der Waals surface area contributed by atoms with Gasteiger partial charge in [-0.25, -0.2) is 18.4 Å². The highest BCUT2D eigenvalue weighted by molar-refractivity contribution is 8.00. The number of aryl methyl sites for hydroxylation is 2. The molecule has 0 spiro atoms. The predicted octanol–water partition coefficient (Wildman–Crippen LogP) is 3.76. The summed E-state index contributed by atoms with van der Waals surface area (Å²) < 4.78 is 27.4. The van der Waals surface area contributed by atoms with Crippen LogP contribution in [0, 0.1) is 11.3 Å². The van der Waals surface area contributed by atoms with Crippen molar-refractivity contribution in [2.45, 2.75) is 41.4 Å². The predicted molar refractivity (Wildman–Crippen MR) is 126 cm³/mol. The van der Waals surface area contributed by atoms with Gasteiger partial charge in [0.1, 0.15) is 16.9 Å². The molecule has 3 aromatic rings. The maximum atomic E-state index is 12.7. The zero-order valence-corrected chi connectivity index (χ0v) is 19.4. The molecule has 0 saturated heterocycles. The minimum atomic E-state index is -3.80. The van der Waals surface area contributed by atoms with Gasteiger partial charge < -0.3 is 5.32 Å². The van der Waals surface area contributed by atoms with E-state index in [1.54, 1.807) is 25.1 Å². The van der Waals surface area contributed by atoms with E-state index in [1.807, 2.05) is 6.07 Å². The summed E-state index contributed by atoms with van der Waals surface area (Å²) in [4.78, 5) is 21.3. The van der Waals surface area contributed by atoms with Crippen LogP contribution in [0.2, 0.25) is 0 Å². The first-order chi connectivity index (χ1) is 15.9. The molecule has 33 heavy (non-hydrogen) atoms. The van der Waals surface area contributed by atoms with Crippen molar-refractivity contribution >= 4 is 39.2 Å². The normalized spacial score (nSPS) is 13.6. The molecule has 0 fully saturated rings. The van der Waals surface area contributed by atoms with Crippen molar-refractivity contribution in [1.82, 2.24) is 9.97 Å². The van der Waals surface area contributed by atoms with E-state index in [0.29, 0.717) is 16.3 Å². The van der Waals surface area contributed by atoms with E-state index < -0.39 is 15.3 Å². The van der Waals surface area contributed by atoms with Gasteiger partial charge in [0.05, 0.1) is 15.7 Å². The number of aromatic nitrogens is 2. The number of carbonyl (C=O) groups is 1. The summed E-state index contributed by atoms with van der Waals surface area (Å²) in [5.74, 6) is -0.0500. The Labute approximate surface area is 196 Å². The Bertz CT molecular complexity index is 1320. The number of thioether (sulfide) groups is 1. The Morgan fingerprint density at radius 1 is 1.18 bits per heavy atom. The third-order valence-electron chi connectivity index (χ3n) is 5.13. The second-order valence-electron chi connectivity index (χ2n) is 7.51. The molecule has 2 aromatic heterocycles. The smallest absolute Gasteiger partial charge is 0.263 e. The van der Waals surface area contributed by atoms with E-state index in [9.17, 15) is 18.5 Å². The molecule has 0 bridgehead atoms. The van der Waals surface area contributed by atoms with Crippen LogP contribution in [0.15, 0.2) is 64.6 Å². The SMILES string of the molecule is CC(Sc1nc2c(cc1C#N)CCC2)C(=O)Nc1ccc(S(=O)(=O)Nc2ccccn2)cc1. The van der Waals surface area contributed by atoms with Gasteiger partial charge in [0.2, 0.25) is 5.91 Å². The molecule has 1 aliphatic carbocycles. The number of pyridine rings is 2. The van der Waals surface area contributed by atoms with Crippen LogP contribution < -0.4 is 10.0 Å². The number of amides is 1. The molecule has 1 unspecified atom stereocenters. The number of sulfonamides is 1. The highest BCUT2D eigenvalue weighted by Gasteiger charge is 2.22. The number of carbonyl (C=O) groups excluding carboxylic acids is 1. The molecular weight excluding hydrogens is 458 g/mol. The molecule has 4 rings (SSSR count). The molecule has 0 aliphatic heterocycles. The molecule has 1 atom stereocenters. The van der Waals surface area contributed by atoms with E-state index >= 15 is 0 Å². The Balaban J connectivity index is 1.41. The van der Waals surface area contributed by atoms with E-state index in [0.717, 1.165) is 30.5 Å². The molecule has 1 aromatic carbocycles. The van der Waals surface area contributed by atoms with Crippen LogP contribution in [-0.2, 0) is 27.7 Å². The average Bonchev–Trinajstić information content (AvgIpc) is 3.26. The Morgan fingerprint density at radius 3 is 2.67 bits per heavy atom. The third-order valence-corrected chi connectivity index (χ3v) is 7.60. The fourth-order valence-electron chi connectivity index (χ4n) is 3.43. The summed E-state index contributed by atoms with van der Waals surface area (Å²) in [7, 11) is -3.80. The number of anilines is 2. The zero-order chi connectivity index (χ0) is 23.4. The summed E-state index contributed by atoms with van der Waals surface area (Å²) >= 11 is 1.24. The first-order valence-corrected chi connectivity index (χ1v) is 12.7. The lowest BCUT2D eigenvalue weighted by Crippen LogP contribution is -2.22. The number of nitriles is 1. The lowest BCUT2D eigenvalue weighted by atomic mass is 10.2. The van der Waals surface area contributed by atoms with Gasteiger partial charge in [-0.15, -0.1) is 0 Å². The minimum Gasteiger partial charge on any atom is -0.325 e. The molecule has 8 nitrogen and oxygen atoms in total. The van der Waals surface area contributed by atoms with Crippen LogP contribution in [0.25, 0.3) is 0 Å². The largest absolute Gasteiger partial charge is 0.325 e. The number of hydrogen-bond donors (Lipinski definition) is 2. The summed E-state index contributed by atoms with van der Waals surface area (Å²) in [6, 6.07) is 14.8. The van der Waals surface area contributed by atoms with E-state index in [2.05, 4.69) is 26.1 Å². The van der Waals surface area contributed by atoms with E-state index in [4.69, 9.17) is 0 Å². The molecular formula is C23H21N5O3S2. The van der Waals surface area contributed by atoms with Crippen LogP contribution >= 0.6 is 11.8 Å². The van der Waals surface area contributed by atoms with Crippen molar-refractivity contribution in [3.8, 4) is 6.07 Å². The van der Waals surface area contributed by atoms with Gasteiger partial charge in [-0.05, 0) is 74.2 Å². The van der Waals surface area contributed by atoms with Crippen LogP contribution in [0.5, 0.6) is 0 Å². The highest BCUT2D eigenvalue weighted by Crippen LogP contribution is 2.30. The Kier molecular flexibility index (Phi) is 6.62. The molecule has 2 N–H and O–H groups in total. The van der Waals surface area contributed by atoms with Gasteiger partial charge in [0, 0.05) is 17.6 Å². The molecule has 1 aliphatic rings. The molecule has 0 radical (unpaired) electrons. The number of fused-ring (bicyclic) bond motifs is 1. The van der Waals surface area contributed by atoms with Crippen LogP contribution in [0.1, 0.15) is 30.2 Å². The number of hydrogen-bond acceptors (Lipinski definition) is 7. The maximum absolute atomic E-state index is 12.7. The number of nitrogens with zero attached hydrogens (tertiary/aromatic N) is 3. The van der Waals surface area contributed by atoms with Gasteiger partial charge in [-0.3, -0.25) is 9.52 Å². The molecule has 0 saturated carbocycles. The number of rotatable bonds is 7. The van der Waals surface area contributed by atoms with Crippen molar-refractivity contribution in [2.24, 2.45) is 0 Å². The Morgan fingerprint density at radius 2 is 1.97 bits per heavy atom. The second-order valence-corrected chi connectivity index (χ2v) is 10.5. The van der Waals surface area contributed by atoms with Crippen molar-refractivity contribution in [1.29, 1.82) is 5.26 Å². The maximum Gasteiger partial charge on any atom is 0.263 e. The van der Waals surface area contributed by atoms with Crippen molar-refractivity contribution < 1.29 is 13.2 Å². The minimum absolute atomic E-state index is 0.0505. The molecule has 1 amide bonds. The third kappa shape index (κ3) is 5.32. The fourth-order valence-corrected chi connectivity index (χ4v) is 5.33. The van der Waals surface area contributed by atoms with Gasteiger partial charge in [0.15, 0.2) is 0 Å². The first-order valence-electron chi connectivity index (χ1n) is 10.3. The van der Waals surface area contributed by atoms with Gasteiger partial charge >= 0.3 is 0 Å². The number of benzene rings is 1. The van der Waals surface area contributed by atoms with Crippen LogP contribution in [0.3, 0.4) is 0 Å². The summed E-state index contributed by atoms with van der Waals surface area (Å²) in [5.41, 5.74) is 3.06. The summed E-state index contributed by atoms with van der Waals surface area (Å²) in [5, 5.41) is 12.3. The summed E-state index contributed by atoms with van der Waals surface area (Å²) in [6.45, 7) is 1.74. The van der Waals surface area contributed by atoms with Crippen LogP contribution in [-0.4, -0.2) is 29.5 Å². The van der Waals surface area contributed by atoms with E-state index in [-0.39, 0.29) is 16.6 Å². The molecule has 10 heteroatoms. The van der Waals surface area contributed by atoms with Crippen molar-refractivity contribution in [3.63, 3.8) is 0 Å². The van der Waals surface area contributed by atoms with E-state index in [1.165, 1.54) is 42.2 Å². The monoisotopic (exact) mass is 479 g/mol. The molecule has 2 heterocycles. The standard InChI is InChI=1S/C23H21N5O3S2/c1-15(32-23-17(14-24)13-16-5-4-6-20(16)27-23)22(29)26-18-8-10-19(11-9-18)33(30,31)28-21-7-2-3-12-25-21/h2-3,7-13,15H,4-6H2,1H3,(H,25,28)(H,26,29). The lowest BCUT2D eigenvalue weighted by Gasteiger charge is -2.14. The fraction of sp³-hybridized carbons (Fsp3) is 0.217. The van der Waals surface area contributed by atoms with Gasteiger partial charge in [-0.2, -0.15) is 5.26 Å². The highest BCUT2D eigenvalue weighted by atomic mass is 32.2. The van der Waals surface area contributed by atoms with Crippen molar-refractivity contribution in [3.05, 3.63) is 71.5 Å². The lowest BCUT2D eigenvalue weighted by molar-refractivity contribution is -0.115. The molecule has 168 valence electrons. The van der Waals surface area contributed by atoms with Gasteiger partial charge in [0.25, 0.3) is 10.0 Å². The Hall–Kier alpha value is -3.42. The topological polar surface area (TPSA) is 125 Å². The number of nitrogens with one attached hydrogen (secondary N) is 2. The first kappa shape index (κ1) is 22.8. The quantitative estimate of drug-likeness (QED) is 0.494.